The lowest BCUT2D eigenvalue weighted by atomic mass is 10.0. The molecule has 14 heavy (non-hydrogen) atoms. The van der Waals surface area contributed by atoms with Gasteiger partial charge in [0.15, 0.2) is 0 Å². The van der Waals surface area contributed by atoms with Gasteiger partial charge in [0.05, 0.1) is 6.61 Å². The zero-order chi connectivity index (χ0) is 10.6. The number of carbonyl (C=O) groups excluding carboxylic acids is 1. The number of rotatable bonds is 4. The molecule has 1 aromatic carbocycles. The fraction of sp³-hybridized carbons (Fsp3) is 0.417. The highest BCUT2D eigenvalue weighted by Crippen LogP contribution is 2.22. The summed E-state index contributed by atoms with van der Waals surface area (Å²) in [5.41, 5.74) is 2.12. The van der Waals surface area contributed by atoms with E-state index in [9.17, 15) is 4.79 Å². The van der Waals surface area contributed by atoms with E-state index in [-0.39, 0.29) is 5.92 Å². The molecule has 76 valence electrons. The summed E-state index contributed by atoms with van der Waals surface area (Å²) in [4.78, 5) is 10.6. The molecule has 0 aliphatic heterocycles. The molecule has 0 spiro atoms. The molecule has 0 N–H and O–H groups in total. The van der Waals surface area contributed by atoms with Gasteiger partial charge >= 0.3 is 0 Å². The van der Waals surface area contributed by atoms with Gasteiger partial charge in [0, 0.05) is 5.92 Å². The zero-order valence-corrected chi connectivity index (χ0v) is 8.91. The second kappa shape index (κ2) is 4.80. The molecule has 1 aromatic rings. The number of aryl methyl sites for hydroxylation is 1. The molecule has 0 saturated carbocycles. The Labute approximate surface area is 84.9 Å². The van der Waals surface area contributed by atoms with Crippen LogP contribution in [0.25, 0.3) is 0 Å². The van der Waals surface area contributed by atoms with E-state index in [0.717, 1.165) is 23.2 Å². The predicted octanol–water partition coefficient (Wildman–Crippen LogP) is 2.70. The topological polar surface area (TPSA) is 26.3 Å². The highest BCUT2D eigenvalue weighted by atomic mass is 16.5. The molecule has 0 aliphatic rings. The number of ether oxygens (including phenoxy) is 1. The number of aldehydes is 1. The van der Waals surface area contributed by atoms with Gasteiger partial charge in [-0.1, -0.05) is 19.1 Å². The third kappa shape index (κ3) is 2.34. The van der Waals surface area contributed by atoms with Crippen LogP contribution in [0.1, 0.15) is 30.9 Å². The van der Waals surface area contributed by atoms with Gasteiger partial charge in [0.25, 0.3) is 0 Å². The van der Waals surface area contributed by atoms with Crippen LogP contribution in [0, 0.1) is 6.92 Å². The van der Waals surface area contributed by atoms with Crippen LogP contribution in [0.3, 0.4) is 0 Å². The van der Waals surface area contributed by atoms with Crippen LogP contribution in [0.15, 0.2) is 18.2 Å². The Balaban J connectivity index is 2.93. The average Bonchev–Trinajstić information content (AvgIpc) is 2.20. The Morgan fingerprint density at radius 1 is 1.50 bits per heavy atom. The van der Waals surface area contributed by atoms with E-state index in [1.54, 1.807) is 0 Å². The summed E-state index contributed by atoms with van der Waals surface area (Å²) in [6, 6.07) is 5.87. The van der Waals surface area contributed by atoms with Gasteiger partial charge < -0.3 is 9.53 Å². The molecule has 0 heterocycles. The number of hydrogen-bond donors (Lipinski definition) is 0. The molecule has 0 aromatic heterocycles. The first-order valence-corrected chi connectivity index (χ1v) is 4.87. The lowest BCUT2D eigenvalue weighted by molar-refractivity contribution is -0.108. The Morgan fingerprint density at radius 3 is 2.71 bits per heavy atom. The molecule has 2 nitrogen and oxygen atoms in total. The van der Waals surface area contributed by atoms with E-state index in [1.165, 1.54) is 0 Å². The van der Waals surface area contributed by atoms with Gasteiger partial charge in [-0.05, 0) is 31.0 Å². The van der Waals surface area contributed by atoms with Gasteiger partial charge in [-0.25, -0.2) is 0 Å². The van der Waals surface area contributed by atoms with Crippen molar-refractivity contribution in [2.45, 2.75) is 26.7 Å². The molecule has 0 bridgehead atoms. The van der Waals surface area contributed by atoms with E-state index >= 15 is 0 Å². The lowest BCUT2D eigenvalue weighted by Gasteiger charge is -2.10. The summed E-state index contributed by atoms with van der Waals surface area (Å²) in [6.45, 7) is 6.51. The fourth-order valence-electron chi connectivity index (χ4n) is 1.35. The van der Waals surface area contributed by atoms with Crippen molar-refractivity contribution >= 4 is 6.29 Å². The summed E-state index contributed by atoms with van der Waals surface area (Å²) in [5, 5.41) is 0. The van der Waals surface area contributed by atoms with Crippen molar-refractivity contribution in [2.24, 2.45) is 0 Å². The maximum Gasteiger partial charge on any atom is 0.127 e. The second-order valence-corrected chi connectivity index (χ2v) is 3.38. The minimum Gasteiger partial charge on any atom is -0.494 e. The molecular weight excluding hydrogens is 176 g/mol. The maximum atomic E-state index is 10.6. The third-order valence-electron chi connectivity index (χ3n) is 2.23. The van der Waals surface area contributed by atoms with Crippen LogP contribution in [0.4, 0.5) is 0 Å². The molecule has 0 aliphatic carbocycles. The SMILES string of the molecule is CCOc1ccc(C(C)C=O)cc1C. The minimum atomic E-state index is -0.0376. The molecule has 1 atom stereocenters. The zero-order valence-electron chi connectivity index (χ0n) is 8.91. The average molecular weight is 192 g/mol. The van der Waals surface area contributed by atoms with Crippen molar-refractivity contribution in [2.75, 3.05) is 6.61 Å². The van der Waals surface area contributed by atoms with Crippen molar-refractivity contribution in [3.05, 3.63) is 29.3 Å². The molecule has 1 unspecified atom stereocenters. The quantitative estimate of drug-likeness (QED) is 0.685. The number of benzene rings is 1. The van der Waals surface area contributed by atoms with E-state index in [2.05, 4.69) is 0 Å². The Morgan fingerprint density at radius 2 is 2.21 bits per heavy atom. The van der Waals surface area contributed by atoms with Crippen LogP contribution in [-0.2, 0) is 4.79 Å². The first-order valence-electron chi connectivity index (χ1n) is 4.87. The van der Waals surface area contributed by atoms with E-state index < -0.39 is 0 Å². The van der Waals surface area contributed by atoms with Gasteiger partial charge in [-0.3, -0.25) is 0 Å². The van der Waals surface area contributed by atoms with Crippen LogP contribution in [-0.4, -0.2) is 12.9 Å². The molecule has 0 fully saturated rings. The van der Waals surface area contributed by atoms with Crippen LogP contribution in [0.2, 0.25) is 0 Å². The van der Waals surface area contributed by atoms with Crippen molar-refractivity contribution in [3.63, 3.8) is 0 Å². The standard InChI is InChI=1S/C12H16O2/c1-4-14-12-6-5-11(7-9(12)2)10(3)8-13/h5-8,10H,4H2,1-3H3. The fourth-order valence-corrected chi connectivity index (χ4v) is 1.35. The molecule has 0 radical (unpaired) electrons. The first-order chi connectivity index (χ1) is 6.69. The second-order valence-electron chi connectivity index (χ2n) is 3.38. The smallest absolute Gasteiger partial charge is 0.127 e. The normalized spacial score (nSPS) is 12.2. The van der Waals surface area contributed by atoms with E-state index in [4.69, 9.17) is 4.74 Å². The Kier molecular flexibility index (Phi) is 3.69. The molecular formula is C12H16O2. The summed E-state index contributed by atoms with van der Waals surface area (Å²) >= 11 is 0. The summed E-state index contributed by atoms with van der Waals surface area (Å²) in [6.07, 6.45) is 0.953. The predicted molar refractivity (Wildman–Crippen MR) is 56.8 cm³/mol. The number of hydrogen-bond acceptors (Lipinski definition) is 2. The van der Waals surface area contributed by atoms with Crippen LogP contribution in [0.5, 0.6) is 5.75 Å². The Hall–Kier alpha value is -1.31. The summed E-state index contributed by atoms with van der Waals surface area (Å²) in [5.74, 6) is 0.860. The van der Waals surface area contributed by atoms with Crippen LogP contribution < -0.4 is 4.74 Å². The van der Waals surface area contributed by atoms with Crippen molar-refractivity contribution in [1.82, 2.24) is 0 Å². The third-order valence-corrected chi connectivity index (χ3v) is 2.23. The van der Waals surface area contributed by atoms with Gasteiger partial charge in [0.2, 0.25) is 0 Å². The number of carbonyl (C=O) groups is 1. The van der Waals surface area contributed by atoms with Crippen molar-refractivity contribution in [3.8, 4) is 5.75 Å². The first kappa shape index (κ1) is 10.8. The van der Waals surface area contributed by atoms with E-state index in [0.29, 0.717) is 6.61 Å². The van der Waals surface area contributed by atoms with E-state index in [1.807, 2.05) is 39.0 Å². The summed E-state index contributed by atoms with van der Waals surface area (Å²) in [7, 11) is 0. The molecule has 2 heteroatoms. The monoisotopic (exact) mass is 192 g/mol. The van der Waals surface area contributed by atoms with Gasteiger partial charge in [-0.2, -0.15) is 0 Å². The minimum absolute atomic E-state index is 0.0376. The van der Waals surface area contributed by atoms with Gasteiger partial charge in [-0.15, -0.1) is 0 Å². The largest absolute Gasteiger partial charge is 0.494 e. The highest BCUT2D eigenvalue weighted by molar-refractivity contribution is 5.62. The maximum absolute atomic E-state index is 10.6. The van der Waals surface area contributed by atoms with Crippen molar-refractivity contribution in [1.29, 1.82) is 0 Å². The van der Waals surface area contributed by atoms with Gasteiger partial charge in [0.1, 0.15) is 12.0 Å². The molecule has 1 rings (SSSR count). The van der Waals surface area contributed by atoms with Crippen molar-refractivity contribution < 1.29 is 9.53 Å². The Bertz CT molecular complexity index is 318. The molecule has 0 saturated heterocycles. The lowest BCUT2D eigenvalue weighted by Crippen LogP contribution is -1.98. The van der Waals surface area contributed by atoms with Crippen LogP contribution >= 0.6 is 0 Å². The molecule has 0 amide bonds. The summed E-state index contributed by atoms with van der Waals surface area (Å²) < 4.78 is 5.42. The highest BCUT2D eigenvalue weighted by Gasteiger charge is 2.06.